The number of hydrazone groups is 1. The van der Waals surface area contributed by atoms with Crippen LogP contribution in [-0.4, -0.2) is 36.0 Å². The molecule has 0 radical (unpaired) electrons. The Labute approximate surface area is 74.4 Å². The molecule has 70 valence electrons. The Morgan fingerprint density at radius 2 is 2.00 bits per heavy atom. The molecule has 0 spiro atoms. The van der Waals surface area contributed by atoms with Crippen LogP contribution < -0.4 is 0 Å². The highest BCUT2D eigenvalue weighted by molar-refractivity contribution is 5.23. The van der Waals surface area contributed by atoms with Gasteiger partial charge in [-0.25, -0.2) is 0 Å². The normalized spacial score (nSPS) is 17.2. The fourth-order valence-corrected chi connectivity index (χ4v) is 1.24. The van der Waals surface area contributed by atoms with E-state index in [4.69, 9.17) is 5.11 Å². The van der Waals surface area contributed by atoms with E-state index in [0.29, 0.717) is 0 Å². The maximum atomic E-state index is 8.70. The largest absolute Gasteiger partial charge is 0.396 e. The summed E-state index contributed by atoms with van der Waals surface area (Å²) < 4.78 is 0. The molecular formula is C9H18N2O. The van der Waals surface area contributed by atoms with E-state index in [9.17, 15) is 0 Å². The molecule has 3 nitrogen and oxygen atoms in total. The summed E-state index contributed by atoms with van der Waals surface area (Å²) in [5.41, 5.74) is 0.163. The minimum atomic E-state index is 0.163. The quantitative estimate of drug-likeness (QED) is 0.391. The van der Waals surface area contributed by atoms with Gasteiger partial charge in [-0.15, -0.1) is 13.2 Å². The van der Waals surface area contributed by atoms with Gasteiger partial charge in [0.25, 0.3) is 0 Å². The van der Waals surface area contributed by atoms with Gasteiger partial charge in [-0.05, 0) is 19.3 Å². The first-order valence-corrected chi connectivity index (χ1v) is 4.06. The van der Waals surface area contributed by atoms with Crippen molar-refractivity contribution in [2.45, 2.75) is 24.8 Å². The van der Waals surface area contributed by atoms with Crippen molar-refractivity contribution in [3.8, 4) is 0 Å². The number of nitrogens with zero attached hydrogens (tertiary/aromatic N) is 2. The molecule has 0 aliphatic heterocycles. The summed E-state index contributed by atoms with van der Waals surface area (Å²) in [5, 5.41) is 14.4. The first-order chi connectivity index (χ1) is 5.75. The topological polar surface area (TPSA) is 35.8 Å². The zero-order valence-corrected chi connectivity index (χ0v) is 7.79. The standard InChI is InChI=1S/C7H14N2O.C2H4/c1-8-9(2)7(3-4-7)5-6-10;1-2/h10H,1,3-6H2,2H3;1-2H2. The lowest BCUT2D eigenvalue weighted by Gasteiger charge is -2.23. The van der Waals surface area contributed by atoms with Crippen LogP contribution in [0.5, 0.6) is 0 Å². The molecule has 1 rings (SSSR count). The average molecular weight is 170 g/mol. The van der Waals surface area contributed by atoms with Gasteiger partial charge in [-0.1, -0.05) is 0 Å². The molecule has 0 bridgehead atoms. The van der Waals surface area contributed by atoms with Crippen LogP contribution in [0.3, 0.4) is 0 Å². The molecule has 0 saturated heterocycles. The van der Waals surface area contributed by atoms with Crippen molar-refractivity contribution in [2.75, 3.05) is 13.7 Å². The van der Waals surface area contributed by atoms with Crippen LogP contribution in [0.1, 0.15) is 19.3 Å². The van der Waals surface area contributed by atoms with E-state index in [1.807, 2.05) is 12.1 Å². The van der Waals surface area contributed by atoms with Gasteiger partial charge in [-0.3, -0.25) is 5.01 Å². The lowest BCUT2D eigenvalue weighted by Crippen LogP contribution is -2.29. The van der Waals surface area contributed by atoms with Crippen LogP contribution in [0, 0.1) is 0 Å². The van der Waals surface area contributed by atoms with E-state index in [1.165, 1.54) is 0 Å². The molecule has 0 unspecified atom stereocenters. The number of hydrogen-bond donors (Lipinski definition) is 1. The van der Waals surface area contributed by atoms with Crippen molar-refractivity contribution in [1.29, 1.82) is 0 Å². The van der Waals surface area contributed by atoms with Crippen molar-refractivity contribution < 1.29 is 5.11 Å². The Morgan fingerprint density at radius 3 is 2.25 bits per heavy atom. The second kappa shape index (κ2) is 4.93. The molecule has 0 heterocycles. The van der Waals surface area contributed by atoms with E-state index in [1.54, 1.807) is 0 Å². The summed E-state index contributed by atoms with van der Waals surface area (Å²) in [6.07, 6.45) is 3.11. The summed E-state index contributed by atoms with van der Waals surface area (Å²) in [7, 11) is 1.91. The Balaban J connectivity index is 0.000000561. The van der Waals surface area contributed by atoms with E-state index in [-0.39, 0.29) is 12.1 Å². The predicted molar refractivity (Wildman–Crippen MR) is 52.2 cm³/mol. The number of rotatable bonds is 4. The maximum Gasteiger partial charge on any atom is 0.0599 e. The first kappa shape index (κ1) is 11.2. The van der Waals surface area contributed by atoms with Crippen molar-refractivity contribution >= 4 is 6.72 Å². The summed E-state index contributed by atoms with van der Waals surface area (Å²) in [5.74, 6) is 0. The molecule has 0 aromatic carbocycles. The van der Waals surface area contributed by atoms with E-state index in [2.05, 4.69) is 25.0 Å². The van der Waals surface area contributed by atoms with E-state index < -0.39 is 0 Å². The van der Waals surface area contributed by atoms with Gasteiger partial charge in [0.1, 0.15) is 0 Å². The van der Waals surface area contributed by atoms with Crippen molar-refractivity contribution in [3.63, 3.8) is 0 Å². The van der Waals surface area contributed by atoms with Crippen molar-refractivity contribution in [3.05, 3.63) is 13.2 Å². The monoisotopic (exact) mass is 170 g/mol. The molecule has 1 aliphatic rings. The molecule has 0 amide bonds. The van der Waals surface area contributed by atoms with Gasteiger partial charge in [-0.2, -0.15) is 5.10 Å². The van der Waals surface area contributed by atoms with Gasteiger partial charge >= 0.3 is 0 Å². The summed E-state index contributed by atoms with van der Waals surface area (Å²) in [6, 6.07) is 0. The van der Waals surface area contributed by atoms with Gasteiger partial charge in [0.2, 0.25) is 0 Å². The molecule has 0 aromatic heterocycles. The molecule has 1 N–H and O–H groups in total. The first-order valence-electron chi connectivity index (χ1n) is 4.06. The number of hydrogen-bond acceptors (Lipinski definition) is 3. The van der Waals surface area contributed by atoms with Crippen LogP contribution in [0.25, 0.3) is 0 Å². The highest BCUT2D eigenvalue weighted by atomic mass is 16.3. The second-order valence-corrected chi connectivity index (χ2v) is 2.86. The van der Waals surface area contributed by atoms with Gasteiger partial charge < -0.3 is 5.11 Å². The highest BCUT2D eigenvalue weighted by Gasteiger charge is 2.45. The zero-order valence-electron chi connectivity index (χ0n) is 7.79. The smallest absolute Gasteiger partial charge is 0.0599 e. The van der Waals surface area contributed by atoms with Gasteiger partial charge in [0, 0.05) is 20.4 Å². The Kier molecular flexibility index (Phi) is 4.59. The molecule has 1 fully saturated rings. The Hall–Kier alpha value is -0.830. The third kappa shape index (κ3) is 2.34. The van der Waals surface area contributed by atoms with Crippen LogP contribution in [0.2, 0.25) is 0 Å². The maximum absolute atomic E-state index is 8.70. The molecule has 0 atom stereocenters. The van der Waals surface area contributed by atoms with E-state index >= 15 is 0 Å². The molecule has 0 aromatic rings. The van der Waals surface area contributed by atoms with Crippen molar-refractivity contribution in [1.82, 2.24) is 5.01 Å². The van der Waals surface area contributed by atoms with Crippen LogP contribution in [0.4, 0.5) is 0 Å². The second-order valence-electron chi connectivity index (χ2n) is 2.86. The molecule has 1 aliphatic carbocycles. The molecular weight excluding hydrogens is 152 g/mol. The lowest BCUT2D eigenvalue weighted by molar-refractivity contribution is 0.174. The fraction of sp³-hybridized carbons (Fsp3) is 0.667. The third-order valence-corrected chi connectivity index (χ3v) is 2.30. The van der Waals surface area contributed by atoms with Gasteiger partial charge in [0.05, 0.1) is 5.54 Å². The summed E-state index contributed by atoms with van der Waals surface area (Å²) in [4.78, 5) is 0. The summed E-state index contributed by atoms with van der Waals surface area (Å²) >= 11 is 0. The van der Waals surface area contributed by atoms with Crippen LogP contribution in [-0.2, 0) is 0 Å². The molecule has 1 saturated carbocycles. The van der Waals surface area contributed by atoms with Gasteiger partial charge in [0.15, 0.2) is 0 Å². The Morgan fingerprint density at radius 1 is 1.50 bits per heavy atom. The average Bonchev–Trinajstić information content (AvgIpc) is 2.89. The fourth-order valence-electron chi connectivity index (χ4n) is 1.24. The Bertz CT molecular complexity index is 143. The summed E-state index contributed by atoms with van der Waals surface area (Å²) in [6.45, 7) is 9.69. The van der Waals surface area contributed by atoms with Crippen LogP contribution >= 0.6 is 0 Å². The SMILES string of the molecule is C=C.C=NN(C)C1(CCO)CC1. The number of aliphatic hydroxyl groups is 1. The van der Waals surface area contributed by atoms with E-state index in [0.717, 1.165) is 19.3 Å². The minimum absolute atomic E-state index is 0.163. The lowest BCUT2D eigenvalue weighted by atomic mass is 10.2. The molecule has 3 heteroatoms. The number of aliphatic hydroxyl groups excluding tert-OH is 1. The zero-order chi connectivity index (χ0) is 9.61. The predicted octanol–water partition coefficient (Wildman–Crippen LogP) is 1.25. The van der Waals surface area contributed by atoms with Crippen molar-refractivity contribution in [2.24, 2.45) is 5.10 Å². The third-order valence-electron chi connectivity index (χ3n) is 2.30. The minimum Gasteiger partial charge on any atom is -0.396 e. The highest BCUT2D eigenvalue weighted by Crippen LogP contribution is 2.43. The van der Waals surface area contributed by atoms with Crippen LogP contribution in [0.15, 0.2) is 18.3 Å². The molecule has 12 heavy (non-hydrogen) atoms.